The van der Waals surface area contributed by atoms with Crippen molar-refractivity contribution in [3.63, 3.8) is 0 Å². The molecule has 1 aromatic carbocycles. The van der Waals surface area contributed by atoms with Crippen molar-refractivity contribution in [1.29, 1.82) is 5.26 Å². The summed E-state index contributed by atoms with van der Waals surface area (Å²) >= 11 is 0. The van der Waals surface area contributed by atoms with E-state index in [9.17, 15) is 9.59 Å². The van der Waals surface area contributed by atoms with Crippen LogP contribution < -0.4 is 10.6 Å². The predicted octanol–water partition coefficient (Wildman–Crippen LogP) is 2.10. The van der Waals surface area contributed by atoms with Gasteiger partial charge >= 0.3 is 0 Å². The zero-order valence-electron chi connectivity index (χ0n) is 12.2. The third kappa shape index (κ3) is 3.52. The molecule has 6 heteroatoms. The Morgan fingerprint density at radius 2 is 1.74 bits per heavy atom. The summed E-state index contributed by atoms with van der Waals surface area (Å²) in [6.45, 7) is 0. The third-order valence-corrected chi connectivity index (χ3v) is 3.42. The van der Waals surface area contributed by atoms with Crippen molar-refractivity contribution >= 4 is 17.5 Å². The van der Waals surface area contributed by atoms with Gasteiger partial charge in [0.15, 0.2) is 0 Å². The molecule has 2 aromatic rings. The number of anilines is 1. The van der Waals surface area contributed by atoms with Gasteiger partial charge in [0.25, 0.3) is 11.8 Å². The lowest BCUT2D eigenvalue weighted by molar-refractivity contribution is 0.0946. The molecule has 1 saturated carbocycles. The summed E-state index contributed by atoms with van der Waals surface area (Å²) in [7, 11) is 0. The van der Waals surface area contributed by atoms with Gasteiger partial charge in [0.2, 0.25) is 0 Å². The molecule has 0 radical (unpaired) electrons. The van der Waals surface area contributed by atoms with E-state index in [-0.39, 0.29) is 23.3 Å². The number of pyridine rings is 1. The molecule has 1 heterocycles. The number of nitrogens with one attached hydrogen (secondary N) is 2. The summed E-state index contributed by atoms with van der Waals surface area (Å²) in [5, 5.41) is 14.5. The van der Waals surface area contributed by atoms with Crippen molar-refractivity contribution < 1.29 is 9.59 Å². The van der Waals surface area contributed by atoms with Gasteiger partial charge in [-0.25, -0.2) is 4.98 Å². The predicted molar refractivity (Wildman–Crippen MR) is 83.8 cm³/mol. The fourth-order valence-electron chi connectivity index (χ4n) is 2.05. The number of hydrogen-bond donors (Lipinski definition) is 2. The molecular formula is C17H14N4O2. The second-order valence-electron chi connectivity index (χ2n) is 5.27. The Morgan fingerprint density at radius 3 is 2.43 bits per heavy atom. The first-order valence-corrected chi connectivity index (χ1v) is 7.26. The van der Waals surface area contributed by atoms with Gasteiger partial charge in [0.1, 0.15) is 17.5 Å². The lowest BCUT2D eigenvalue weighted by Crippen LogP contribution is -2.27. The zero-order chi connectivity index (χ0) is 16.2. The number of carbonyl (C=O) groups is 2. The van der Waals surface area contributed by atoms with Crippen LogP contribution >= 0.6 is 0 Å². The molecule has 1 aliphatic carbocycles. The second kappa shape index (κ2) is 6.28. The Morgan fingerprint density at radius 1 is 1.04 bits per heavy atom. The molecule has 2 amide bonds. The molecule has 114 valence electrons. The molecule has 0 saturated heterocycles. The smallest absolute Gasteiger partial charge is 0.274 e. The van der Waals surface area contributed by atoms with Crippen LogP contribution in [0, 0.1) is 11.3 Å². The van der Waals surface area contributed by atoms with E-state index >= 15 is 0 Å². The first kappa shape index (κ1) is 14.7. The summed E-state index contributed by atoms with van der Waals surface area (Å²) in [6, 6.07) is 13.6. The summed E-state index contributed by atoms with van der Waals surface area (Å²) in [6.07, 6.45) is 1.97. The molecule has 0 unspecified atom stereocenters. The topological polar surface area (TPSA) is 94.9 Å². The van der Waals surface area contributed by atoms with Crippen LogP contribution in [0.25, 0.3) is 0 Å². The molecule has 0 atom stereocenters. The largest absolute Gasteiger partial charge is 0.348 e. The molecule has 0 aliphatic heterocycles. The van der Waals surface area contributed by atoms with Crippen molar-refractivity contribution in [3.8, 4) is 6.07 Å². The SMILES string of the molecule is N#Cc1ccccc1NC(=O)c1cccc(C(=O)NC2CC2)n1. The van der Waals surface area contributed by atoms with Crippen molar-refractivity contribution in [2.24, 2.45) is 0 Å². The molecule has 23 heavy (non-hydrogen) atoms. The highest BCUT2D eigenvalue weighted by atomic mass is 16.2. The van der Waals surface area contributed by atoms with Crippen molar-refractivity contribution in [2.45, 2.75) is 18.9 Å². The summed E-state index contributed by atoms with van der Waals surface area (Å²) in [4.78, 5) is 28.4. The molecule has 2 N–H and O–H groups in total. The maximum absolute atomic E-state index is 12.3. The van der Waals surface area contributed by atoms with Crippen molar-refractivity contribution in [2.75, 3.05) is 5.32 Å². The number of nitriles is 1. The van der Waals surface area contributed by atoms with E-state index in [1.165, 1.54) is 6.07 Å². The maximum atomic E-state index is 12.3. The molecular weight excluding hydrogens is 292 g/mol. The van der Waals surface area contributed by atoms with Crippen LogP contribution in [0.5, 0.6) is 0 Å². The first-order valence-electron chi connectivity index (χ1n) is 7.26. The highest BCUT2D eigenvalue weighted by Gasteiger charge is 2.24. The molecule has 1 fully saturated rings. The summed E-state index contributed by atoms with van der Waals surface area (Å²) in [5.74, 6) is -0.742. The van der Waals surface area contributed by atoms with Crippen LogP contribution in [0.3, 0.4) is 0 Å². The van der Waals surface area contributed by atoms with Gasteiger partial charge in [-0.3, -0.25) is 9.59 Å². The zero-order valence-corrected chi connectivity index (χ0v) is 12.2. The average molecular weight is 306 g/mol. The number of nitrogens with zero attached hydrogens (tertiary/aromatic N) is 2. The van der Waals surface area contributed by atoms with E-state index in [1.807, 2.05) is 6.07 Å². The van der Waals surface area contributed by atoms with E-state index in [0.717, 1.165) is 12.8 Å². The quantitative estimate of drug-likeness (QED) is 0.904. The van der Waals surface area contributed by atoms with Crippen LogP contribution in [0.4, 0.5) is 5.69 Å². The Hall–Kier alpha value is -3.20. The maximum Gasteiger partial charge on any atom is 0.274 e. The van der Waals surface area contributed by atoms with Crippen molar-refractivity contribution in [1.82, 2.24) is 10.3 Å². The molecule has 0 bridgehead atoms. The van der Waals surface area contributed by atoms with Crippen LogP contribution in [0.1, 0.15) is 39.4 Å². The monoisotopic (exact) mass is 306 g/mol. The molecule has 0 spiro atoms. The number of amides is 2. The lowest BCUT2D eigenvalue weighted by atomic mass is 10.2. The van der Waals surface area contributed by atoms with Gasteiger partial charge in [0.05, 0.1) is 11.3 Å². The van der Waals surface area contributed by atoms with Gasteiger partial charge in [0, 0.05) is 6.04 Å². The van der Waals surface area contributed by atoms with Gasteiger partial charge in [-0.2, -0.15) is 5.26 Å². The van der Waals surface area contributed by atoms with E-state index in [2.05, 4.69) is 15.6 Å². The number of para-hydroxylation sites is 1. The lowest BCUT2D eigenvalue weighted by Gasteiger charge is -2.07. The van der Waals surface area contributed by atoms with E-state index in [1.54, 1.807) is 36.4 Å². The van der Waals surface area contributed by atoms with Crippen LogP contribution in [-0.2, 0) is 0 Å². The van der Waals surface area contributed by atoms with Gasteiger partial charge in [-0.05, 0) is 37.1 Å². The minimum atomic E-state index is -0.464. The number of aromatic nitrogens is 1. The standard InChI is InChI=1S/C17H14N4O2/c18-10-11-4-1-2-5-13(11)21-17(23)15-7-3-6-14(20-15)16(22)19-12-8-9-12/h1-7,12H,8-9H2,(H,19,22)(H,21,23). The van der Waals surface area contributed by atoms with Crippen LogP contribution in [0.15, 0.2) is 42.5 Å². The van der Waals surface area contributed by atoms with Crippen molar-refractivity contribution in [3.05, 3.63) is 59.4 Å². The minimum Gasteiger partial charge on any atom is -0.348 e. The minimum absolute atomic E-state index is 0.126. The average Bonchev–Trinajstić information content (AvgIpc) is 3.39. The van der Waals surface area contributed by atoms with Gasteiger partial charge in [-0.15, -0.1) is 0 Å². The number of hydrogen-bond acceptors (Lipinski definition) is 4. The molecule has 1 aromatic heterocycles. The fourth-order valence-corrected chi connectivity index (χ4v) is 2.05. The fraction of sp³-hybridized carbons (Fsp3) is 0.176. The molecule has 1 aliphatic rings. The van der Waals surface area contributed by atoms with Gasteiger partial charge in [-0.1, -0.05) is 18.2 Å². The van der Waals surface area contributed by atoms with Gasteiger partial charge < -0.3 is 10.6 Å². The Labute approximate surface area is 133 Å². The number of rotatable bonds is 4. The Kier molecular flexibility index (Phi) is 4.02. The number of benzene rings is 1. The second-order valence-corrected chi connectivity index (χ2v) is 5.27. The highest BCUT2D eigenvalue weighted by Crippen LogP contribution is 2.19. The molecule has 6 nitrogen and oxygen atoms in total. The Balaban J connectivity index is 1.77. The summed E-state index contributed by atoms with van der Waals surface area (Å²) in [5.41, 5.74) is 1.11. The number of carbonyl (C=O) groups excluding carboxylic acids is 2. The molecule has 3 rings (SSSR count). The van der Waals surface area contributed by atoms with E-state index < -0.39 is 5.91 Å². The summed E-state index contributed by atoms with van der Waals surface area (Å²) < 4.78 is 0. The first-order chi connectivity index (χ1) is 11.2. The van der Waals surface area contributed by atoms with E-state index in [4.69, 9.17) is 5.26 Å². The Bertz CT molecular complexity index is 806. The van der Waals surface area contributed by atoms with E-state index in [0.29, 0.717) is 11.3 Å². The normalized spacial score (nSPS) is 13.0. The third-order valence-electron chi connectivity index (χ3n) is 3.42. The highest BCUT2D eigenvalue weighted by molar-refractivity contribution is 6.04. The van der Waals surface area contributed by atoms with Crippen LogP contribution in [-0.4, -0.2) is 22.8 Å². The van der Waals surface area contributed by atoms with Crippen LogP contribution in [0.2, 0.25) is 0 Å².